The summed E-state index contributed by atoms with van der Waals surface area (Å²) in [6.45, 7) is 4.17. The van der Waals surface area contributed by atoms with E-state index in [2.05, 4.69) is 93.4 Å². The van der Waals surface area contributed by atoms with Crippen LogP contribution in [-0.2, 0) is 0 Å². The molecule has 0 amide bonds. The van der Waals surface area contributed by atoms with Crippen molar-refractivity contribution in [2.24, 2.45) is 4.30 Å². The van der Waals surface area contributed by atoms with Crippen LogP contribution in [0.4, 0.5) is 0 Å². The average molecular weight is 412 g/mol. The Hall–Kier alpha value is 0.575. The fraction of sp³-hybridized carbons (Fsp3) is 0.200. The van der Waals surface area contributed by atoms with Gasteiger partial charge >= 0.3 is 24.8 Å². The van der Waals surface area contributed by atoms with Crippen molar-refractivity contribution in [2.45, 2.75) is 13.8 Å². The number of aryl methyl sites for hydroxylation is 2. The number of thiophene rings is 2. The van der Waals surface area contributed by atoms with E-state index in [-0.39, 0.29) is 0 Å². The first-order valence-electron chi connectivity index (χ1n) is 4.45. The van der Waals surface area contributed by atoms with E-state index < -0.39 is 0 Å². The van der Waals surface area contributed by atoms with Crippen molar-refractivity contribution < 1.29 is 0 Å². The van der Waals surface area contributed by atoms with E-state index in [0.29, 0.717) is 0 Å². The molecule has 1 nitrogen and oxygen atoms in total. The molecule has 2 aromatic heterocycles. The Bertz CT molecular complexity index is 409. The molecule has 0 saturated heterocycles. The van der Waals surface area contributed by atoms with E-state index in [1.165, 1.54) is 18.7 Å². The van der Waals surface area contributed by atoms with Crippen LogP contribution in [-0.4, -0.2) is 7.64 Å². The Labute approximate surface area is 134 Å². The van der Waals surface area contributed by atoms with Crippen LogP contribution in [0.5, 0.6) is 0 Å². The molecule has 1 radical (unpaired) electrons. The van der Waals surface area contributed by atoms with Crippen molar-refractivity contribution >= 4 is 75.0 Å². The van der Waals surface area contributed by atoms with Crippen molar-refractivity contribution in [1.29, 1.82) is 0 Å². The molecule has 0 saturated carbocycles. The summed E-state index contributed by atoms with van der Waals surface area (Å²) >= 11 is 13.4. The summed E-state index contributed by atoms with van der Waals surface area (Å²) in [6, 6.07) is 4.19. The Morgan fingerprint density at radius 2 is 1.94 bits per heavy atom. The third kappa shape index (κ3) is 9.19. The summed E-state index contributed by atoms with van der Waals surface area (Å²) in [7, 11) is 4.34. The van der Waals surface area contributed by atoms with Crippen LogP contribution < -0.4 is 0 Å². The molecule has 17 heavy (non-hydrogen) atoms. The first-order chi connectivity index (χ1) is 8.01. The van der Waals surface area contributed by atoms with Gasteiger partial charge in [-0.25, -0.2) is 0 Å². The SMILES string of the molecule is Cc1cc(Br)sc1Br.Cc1ccsc1.[B]=NS. The van der Waals surface area contributed by atoms with Gasteiger partial charge in [-0.15, -0.1) is 11.3 Å². The van der Waals surface area contributed by atoms with Gasteiger partial charge in [0.25, 0.3) is 0 Å². The predicted molar refractivity (Wildman–Crippen MR) is 90.7 cm³/mol. The fourth-order valence-corrected chi connectivity index (χ4v) is 4.17. The standard InChI is InChI=1S/C5H4Br2S.C5H6S.BHNS/c1-3-2-4(6)8-5(3)7;1-5-2-3-6-4-5;1-2-3/h2H,1H3;2-4H,1H3;3H. The third-order valence-electron chi connectivity index (χ3n) is 1.49. The van der Waals surface area contributed by atoms with Gasteiger partial charge in [0.05, 0.1) is 7.57 Å². The molecule has 0 unspecified atom stereocenters. The molecule has 0 bridgehead atoms. The maximum absolute atomic E-state index is 4.34. The number of nitrogens with zero attached hydrogens (tertiary/aromatic N) is 1. The Balaban J connectivity index is 0.000000252. The van der Waals surface area contributed by atoms with Crippen LogP contribution in [0.25, 0.3) is 0 Å². The van der Waals surface area contributed by atoms with Gasteiger partial charge in [-0.05, 0) is 79.7 Å². The van der Waals surface area contributed by atoms with Gasteiger partial charge in [-0.3, -0.25) is 0 Å². The number of hydrogen-bond donors (Lipinski definition) is 1. The van der Waals surface area contributed by atoms with Gasteiger partial charge in [0, 0.05) is 0 Å². The molecule has 0 aromatic carbocycles. The topological polar surface area (TPSA) is 12.4 Å². The molecular formula is C10H11BBr2NS3. The van der Waals surface area contributed by atoms with Gasteiger partial charge in [0.1, 0.15) is 0 Å². The van der Waals surface area contributed by atoms with Crippen LogP contribution in [0.15, 0.2) is 34.8 Å². The number of hydrogen-bond acceptors (Lipinski definition) is 4. The summed E-state index contributed by atoms with van der Waals surface area (Å²) in [6.07, 6.45) is 0. The van der Waals surface area contributed by atoms with Gasteiger partial charge in [0.2, 0.25) is 0 Å². The van der Waals surface area contributed by atoms with Crippen molar-refractivity contribution in [3.63, 3.8) is 0 Å². The summed E-state index contributed by atoms with van der Waals surface area (Å²) in [5.41, 5.74) is 2.65. The van der Waals surface area contributed by atoms with E-state index in [4.69, 9.17) is 0 Å². The summed E-state index contributed by atoms with van der Waals surface area (Å²) in [5, 5.41) is 4.20. The molecule has 0 spiro atoms. The zero-order valence-corrected chi connectivity index (χ0v) is 15.1. The molecule has 0 aliphatic rings. The monoisotopic (exact) mass is 410 g/mol. The molecular weight excluding hydrogens is 401 g/mol. The maximum atomic E-state index is 4.34. The average Bonchev–Trinajstić information content (AvgIpc) is 2.80. The molecule has 0 N–H and O–H groups in total. The van der Waals surface area contributed by atoms with Crippen molar-refractivity contribution in [3.05, 3.63) is 41.6 Å². The molecule has 2 heterocycles. The zero-order valence-electron chi connectivity index (χ0n) is 9.35. The molecule has 0 atom stereocenters. The second-order valence-electron chi connectivity index (χ2n) is 2.92. The molecule has 2 aromatic rings. The van der Waals surface area contributed by atoms with Crippen LogP contribution in [0.3, 0.4) is 0 Å². The normalized spacial score (nSPS) is 8.47. The predicted octanol–water partition coefficient (Wildman–Crippen LogP) is 5.82. The minimum atomic E-state index is 1.18. The van der Waals surface area contributed by atoms with Gasteiger partial charge < -0.3 is 0 Å². The van der Waals surface area contributed by atoms with Crippen molar-refractivity contribution in [1.82, 2.24) is 0 Å². The van der Waals surface area contributed by atoms with Crippen LogP contribution in [0, 0.1) is 13.8 Å². The first kappa shape index (κ1) is 17.6. The van der Waals surface area contributed by atoms with E-state index in [1.54, 1.807) is 22.7 Å². The Morgan fingerprint density at radius 1 is 1.35 bits per heavy atom. The second-order valence-corrected chi connectivity index (χ2v) is 7.68. The van der Waals surface area contributed by atoms with Crippen molar-refractivity contribution in [2.75, 3.05) is 0 Å². The summed E-state index contributed by atoms with van der Waals surface area (Å²) in [5.74, 6) is 0. The summed E-state index contributed by atoms with van der Waals surface area (Å²) in [4.78, 5) is 0. The van der Waals surface area contributed by atoms with Crippen LogP contribution in [0.2, 0.25) is 0 Å². The minimum absolute atomic E-state index is 1.18. The van der Waals surface area contributed by atoms with Crippen molar-refractivity contribution in [3.8, 4) is 0 Å². The number of thiol groups is 1. The number of rotatable bonds is 0. The molecule has 0 aliphatic carbocycles. The molecule has 91 valence electrons. The first-order valence-corrected chi connectivity index (χ1v) is 8.20. The van der Waals surface area contributed by atoms with Crippen LogP contribution >= 0.6 is 67.3 Å². The zero-order chi connectivity index (χ0) is 13.3. The summed E-state index contributed by atoms with van der Waals surface area (Å²) < 4.78 is 5.09. The molecule has 0 fully saturated rings. The fourth-order valence-electron chi connectivity index (χ4n) is 0.755. The number of halogens is 2. The molecule has 0 aliphatic heterocycles. The quantitative estimate of drug-likeness (QED) is 0.414. The second kappa shape index (κ2) is 10.5. The van der Waals surface area contributed by atoms with E-state index >= 15 is 0 Å². The third-order valence-corrected chi connectivity index (χ3v) is 4.93. The van der Waals surface area contributed by atoms with Gasteiger partial charge in [-0.2, -0.15) is 11.3 Å². The Kier molecular flexibility index (Phi) is 10.8. The molecule has 2 rings (SSSR count). The molecule has 7 heteroatoms. The van der Waals surface area contributed by atoms with Gasteiger partial charge in [0.15, 0.2) is 0 Å². The van der Waals surface area contributed by atoms with E-state index in [1.807, 2.05) is 0 Å². The van der Waals surface area contributed by atoms with E-state index in [0.717, 1.165) is 0 Å². The van der Waals surface area contributed by atoms with Crippen LogP contribution in [0.1, 0.15) is 11.1 Å². The van der Waals surface area contributed by atoms with E-state index in [9.17, 15) is 0 Å². The van der Waals surface area contributed by atoms with Gasteiger partial charge in [-0.1, -0.05) is 0 Å². The Morgan fingerprint density at radius 3 is 2.06 bits per heavy atom.